The van der Waals surface area contributed by atoms with Gasteiger partial charge in [0, 0.05) is 19.2 Å². The van der Waals surface area contributed by atoms with Crippen molar-refractivity contribution in [2.45, 2.75) is 26.2 Å². The number of carbonyl (C=O) groups is 2. The third kappa shape index (κ3) is 3.37. The van der Waals surface area contributed by atoms with E-state index in [1.54, 1.807) is 6.92 Å². The molecular weight excluding hydrogens is 280 g/mol. The van der Waals surface area contributed by atoms with Crippen molar-refractivity contribution in [1.29, 1.82) is 0 Å². The molecule has 0 aromatic heterocycles. The van der Waals surface area contributed by atoms with Crippen LogP contribution in [-0.4, -0.2) is 35.0 Å². The summed E-state index contributed by atoms with van der Waals surface area (Å²) in [6.45, 7) is 2.18. The van der Waals surface area contributed by atoms with Gasteiger partial charge in [-0.15, -0.1) is 0 Å². The molecule has 1 atom stereocenters. The van der Waals surface area contributed by atoms with Gasteiger partial charge in [-0.2, -0.15) is 0 Å². The van der Waals surface area contributed by atoms with Gasteiger partial charge in [-0.3, -0.25) is 9.59 Å². The first-order valence-corrected chi connectivity index (χ1v) is 6.77. The van der Waals surface area contributed by atoms with E-state index >= 15 is 0 Å². The third-order valence-electron chi connectivity index (χ3n) is 3.92. The van der Waals surface area contributed by atoms with Gasteiger partial charge in [-0.1, -0.05) is 6.07 Å². The van der Waals surface area contributed by atoms with Gasteiger partial charge in [-0.05, 0) is 31.4 Å². The highest BCUT2D eigenvalue weighted by Gasteiger charge is 2.39. The molecule has 114 valence electrons. The molecule has 0 radical (unpaired) electrons. The molecule has 1 aromatic carbocycles. The highest BCUT2D eigenvalue weighted by molar-refractivity contribution is 5.81. The van der Waals surface area contributed by atoms with Crippen LogP contribution >= 0.6 is 0 Å². The third-order valence-corrected chi connectivity index (χ3v) is 3.92. The van der Waals surface area contributed by atoms with Crippen molar-refractivity contribution in [3.8, 4) is 0 Å². The highest BCUT2D eigenvalue weighted by Crippen LogP contribution is 2.30. The zero-order valence-corrected chi connectivity index (χ0v) is 11.7. The van der Waals surface area contributed by atoms with Gasteiger partial charge in [0.2, 0.25) is 5.91 Å². The lowest BCUT2D eigenvalue weighted by atomic mass is 9.82. The van der Waals surface area contributed by atoms with Crippen molar-refractivity contribution in [1.82, 2.24) is 4.90 Å². The summed E-state index contributed by atoms with van der Waals surface area (Å²) in [6.07, 6.45) is 0.916. The van der Waals surface area contributed by atoms with E-state index in [-0.39, 0.29) is 24.4 Å². The first kappa shape index (κ1) is 15.4. The molecule has 1 amide bonds. The van der Waals surface area contributed by atoms with Gasteiger partial charge in [0.25, 0.3) is 0 Å². The Bertz CT molecular complexity index is 576. The van der Waals surface area contributed by atoms with Gasteiger partial charge in [0.15, 0.2) is 0 Å². The van der Waals surface area contributed by atoms with Crippen molar-refractivity contribution in [2.24, 2.45) is 5.41 Å². The maximum atomic E-state index is 13.6. The van der Waals surface area contributed by atoms with Gasteiger partial charge in [0.05, 0.1) is 11.8 Å². The van der Waals surface area contributed by atoms with E-state index in [0.29, 0.717) is 19.4 Å². The number of carbonyl (C=O) groups excluding carboxylic acids is 1. The molecule has 2 rings (SSSR count). The zero-order chi connectivity index (χ0) is 15.6. The summed E-state index contributed by atoms with van der Waals surface area (Å²) in [5, 5.41) is 9.22. The topological polar surface area (TPSA) is 57.6 Å². The van der Waals surface area contributed by atoms with E-state index in [1.807, 2.05) is 0 Å². The number of hydrogen-bond donors (Lipinski definition) is 1. The summed E-state index contributed by atoms with van der Waals surface area (Å²) in [5.74, 6) is -2.73. The normalized spacial score (nSPS) is 22.1. The first-order valence-electron chi connectivity index (χ1n) is 6.77. The molecule has 21 heavy (non-hydrogen) atoms. The molecule has 1 aliphatic rings. The van der Waals surface area contributed by atoms with Crippen LogP contribution in [0.3, 0.4) is 0 Å². The maximum absolute atomic E-state index is 13.6. The number of piperidine rings is 1. The lowest BCUT2D eigenvalue weighted by molar-refractivity contribution is -0.153. The van der Waals surface area contributed by atoms with Crippen LogP contribution in [0.2, 0.25) is 0 Å². The van der Waals surface area contributed by atoms with E-state index in [4.69, 9.17) is 0 Å². The number of halogens is 2. The fraction of sp³-hybridized carbons (Fsp3) is 0.467. The van der Waals surface area contributed by atoms with E-state index in [1.165, 1.54) is 11.0 Å². The summed E-state index contributed by atoms with van der Waals surface area (Å²) >= 11 is 0. The van der Waals surface area contributed by atoms with Crippen LogP contribution in [0.1, 0.15) is 25.3 Å². The molecule has 4 nitrogen and oxygen atoms in total. The van der Waals surface area contributed by atoms with Gasteiger partial charge in [0.1, 0.15) is 11.6 Å². The second-order valence-electron chi connectivity index (χ2n) is 5.70. The van der Waals surface area contributed by atoms with E-state index in [0.717, 1.165) is 12.1 Å². The minimum Gasteiger partial charge on any atom is -0.481 e. The first-order chi connectivity index (χ1) is 9.82. The minimum atomic E-state index is -0.963. The van der Waals surface area contributed by atoms with Crippen molar-refractivity contribution in [2.75, 3.05) is 13.1 Å². The monoisotopic (exact) mass is 297 g/mol. The molecule has 1 fully saturated rings. The molecule has 1 heterocycles. The zero-order valence-electron chi connectivity index (χ0n) is 11.7. The van der Waals surface area contributed by atoms with Crippen molar-refractivity contribution >= 4 is 11.9 Å². The number of amides is 1. The smallest absolute Gasteiger partial charge is 0.311 e. The number of rotatable bonds is 3. The van der Waals surface area contributed by atoms with Crippen molar-refractivity contribution in [3.05, 3.63) is 35.4 Å². The predicted octanol–water partition coefficient (Wildman–Crippen LogP) is 2.22. The molecule has 1 aromatic rings. The quantitative estimate of drug-likeness (QED) is 0.930. The second-order valence-corrected chi connectivity index (χ2v) is 5.70. The minimum absolute atomic E-state index is 0.115. The molecule has 0 aliphatic carbocycles. The number of likely N-dealkylation sites (tertiary alicyclic amines) is 1. The van der Waals surface area contributed by atoms with Crippen LogP contribution in [0.25, 0.3) is 0 Å². The summed E-state index contributed by atoms with van der Waals surface area (Å²) in [4.78, 5) is 24.9. The average Bonchev–Trinajstić information content (AvgIpc) is 2.41. The molecule has 0 spiro atoms. The number of hydrogen-bond acceptors (Lipinski definition) is 2. The number of nitrogens with zero attached hydrogens (tertiary/aromatic N) is 1. The number of carboxylic acid groups (broad SMARTS) is 1. The van der Waals surface area contributed by atoms with Crippen LogP contribution in [0, 0.1) is 17.0 Å². The maximum Gasteiger partial charge on any atom is 0.311 e. The van der Waals surface area contributed by atoms with E-state index in [9.17, 15) is 23.5 Å². The molecule has 1 aliphatic heterocycles. The molecule has 1 saturated heterocycles. The largest absolute Gasteiger partial charge is 0.481 e. The molecular formula is C15H17F2NO3. The van der Waals surface area contributed by atoms with Gasteiger partial charge >= 0.3 is 5.97 Å². The van der Waals surface area contributed by atoms with Crippen LogP contribution in [0.5, 0.6) is 0 Å². The Balaban J connectivity index is 2.08. The summed E-state index contributed by atoms with van der Waals surface area (Å²) in [5.41, 5.74) is -0.848. The highest BCUT2D eigenvalue weighted by atomic mass is 19.1. The molecule has 0 bridgehead atoms. The molecule has 1 unspecified atom stereocenters. The Labute approximate surface area is 121 Å². The number of aliphatic carboxylic acids is 1. The van der Waals surface area contributed by atoms with Crippen LogP contribution < -0.4 is 0 Å². The molecule has 0 saturated carbocycles. The SMILES string of the molecule is CC1(C(=O)O)CCCN(C(=O)Cc2ccc(F)cc2F)C1. The summed E-state index contributed by atoms with van der Waals surface area (Å²) in [6, 6.07) is 3.08. The average molecular weight is 297 g/mol. The second kappa shape index (κ2) is 5.79. The fourth-order valence-electron chi connectivity index (χ4n) is 2.57. The Morgan fingerprint density at radius 3 is 2.71 bits per heavy atom. The van der Waals surface area contributed by atoms with Crippen LogP contribution in [0.4, 0.5) is 8.78 Å². The van der Waals surface area contributed by atoms with Crippen LogP contribution in [-0.2, 0) is 16.0 Å². The van der Waals surface area contributed by atoms with Crippen LogP contribution in [0.15, 0.2) is 18.2 Å². The van der Waals surface area contributed by atoms with E-state index < -0.39 is 23.0 Å². The number of benzene rings is 1. The molecule has 6 heteroatoms. The summed E-state index contributed by atoms with van der Waals surface area (Å²) in [7, 11) is 0. The van der Waals surface area contributed by atoms with Crippen molar-refractivity contribution in [3.63, 3.8) is 0 Å². The Hall–Kier alpha value is -1.98. The Morgan fingerprint density at radius 1 is 1.38 bits per heavy atom. The predicted molar refractivity (Wildman–Crippen MR) is 71.6 cm³/mol. The van der Waals surface area contributed by atoms with E-state index in [2.05, 4.69) is 0 Å². The standard InChI is InChI=1S/C15H17F2NO3/c1-15(14(20)21)5-2-6-18(9-15)13(19)7-10-3-4-11(16)8-12(10)17/h3-4,8H,2,5-7,9H2,1H3,(H,20,21). The fourth-order valence-corrected chi connectivity index (χ4v) is 2.57. The lowest BCUT2D eigenvalue weighted by Gasteiger charge is -2.37. The molecule has 1 N–H and O–H groups in total. The Morgan fingerprint density at radius 2 is 2.10 bits per heavy atom. The summed E-state index contributed by atoms with van der Waals surface area (Å²) < 4.78 is 26.4. The Kier molecular flexibility index (Phi) is 4.25. The number of carboxylic acids is 1. The lowest BCUT2D eigenvalue weighted by Crippen LogP contribution is -2.48. The van der Waals surface area contributed by atoms with Crippen molar-refractivity contribution < 1.29 is 23.5 Å². The van der Waals surface area contributed by atoms with Gasteiger partial charge in [-0.25, -0.2) is 8.78 Å². The van der Waals surface area contributed by atoms with Gasteiger partial charge < -0.3 is 10.0 Å².